The van der Waals surface area contributed by atoms with Crippen LogP contribution in [0.15, 0.2) is 36.9 Å². The number of nitrogens with one attached hydrogen (secondary N) is 1. The van der Waals surface area contributed by atoms with E-state index < -0.39 is 0 Å². The predicted molar refractivity (Wildman–Crippen MR) is 93.8 cm³/mol. The minimum absolute atomic E-state index is 0. The van der Waals surface area contributed by atoms with Crippen LogP contribution in [-0.4, -0.2) is 50.7 Å². The lowest BCUT2D eigenvalue weighted by molar-refractivity contribution is 0.0603. The summed E-state index contributed by atoms with van der Waals surface area (Å²) in [4.78, 5) is 18.6. The summed E-state index contributed by atoms with van der Waals surface area (Å²) in [5, 5.41) is 7.48. The van der Waals surface area contributed by atoms with Crippen LogP contribution in [0.3, 0.4) is 0 Å². The average Bonchev–Trinajstić information content (AvgIpc) is 3.04. The third-order valence-corrected chi connectivity index (χ3v) is 4.07. The van der Waals surface area contributed by atoms with E-state index in [9.17, 15) is 4.79 Å². The molecule has 0 radical (unpaired) electrons. The van der Waals surface area contributed by atoms with E-state index in [0.29, 0.717) is 11.6 Å². The molecule has 0 bridgehead atoms. The highest BCUT2D eigenvalue weighted by molar-refractivity contribution is 5.95. The van der Waals surface area contributed by atoms with Gasteiger partial charge in [-0.3, -0.25) is 4.79 Å². The number of halogens is 2. The highest BCUT2D eigenvalue weighted by atomic mass is 35.5. The van der Waals surface area contributed by atoms with Crippen molar-refractivity contribution in [1.82, 2.24) is 25.0 Å². The van der Waals surface area contributed by atoms with E-state index in [0.717, 1.165) is 18.8 Å². The van der Waals surface area contributed by atoms with Gasteiger partial charge in [0.15, 0.2) is 0 Å². The van der Waals surface area contributed by atoms with Crippen molar-refractivity contribution in [1.29, 1.82) is 0 Å². The maximum Gasteiger partial charge on any atom is 0.254 e. The summed E-state index contributed by atoms with van der Waals surface area (Å²) in [6, 6.07) is 7.98. The molecule has 23 heavy (non-hydrogen) atoms. The van der Waals surface area contributed by atoms with Crippen LogP contribution in [0.2, 0.25) is 0 Å². The lowest BCUT2D eigenvalue weighted by Gasteiger charge is -2.38. The number of hydrogen-bond acceptors (Lipinski definition) is 4. The molecule has 1 fully saturated rings. The molecule has 2 unspecified atom stereocenters. The van der Waals surface area contributed by atoms with E-state index in [1.807, 2.05) is 29.2 Å². The summed E-state index contributed by atoms with van der Waals surface area (Å²) in [5.41, 5.74) is 1.53. The Morgan fingerprint density at radius 1 is 1.30 bits per heavy atom. The van der Waals surface area contributed by atoms with Gasteiger partial charge in [-0.1, -0.05) is 6.07 Å². The number of piperazine rings is 1. The van der Waals surface area contributed by atoms with Gasteiger partial charge < -0.3 is 10.2 Å². The monoisotopic (exact) mass is 357 g/mol. The number of carbonyl (C=O) groups is 1. The second-order valence-corrected chi connectivity index (χ2v) is 5.37. The van der Waals surface area contributed by atoms with Crippen molar-refractivity contribution in [3.05, 3.63) is 42.5 Å². The number of nitrogens with zero attached hydrogens (tertiary/aromatic N) is 4. The molecule has 1 aliphatic rings. The number of rotatable bonds is 2. The van der Waals surface area contributed by atoms with Gasteiger partial charge in [-0.15, -0.1) is 24.8 Å². The minimum Gasteiger partial charge on any atom is -0.333 e. The smallest absolute Gasteiger partial charge is 0.254 e. The Bertz CT molecular complexity index is 635. The molecule has 2 aromatic rings. The Balaban J connectivity index is 0.00000132. The third kappa shape index (κ3) is 4.02. The first-order valence-corrected chi connectivity index (χ1v) is 7.16. The van der Waals surface area contributed by atoms with Crippen LogP contribution >= 0.6 is 24.8 Å². The Morgan fingerprint density at radius 3 is 2.78 bits per heavy atom. The molecule has 0 aliphatic carbocycles. The maximum absolute atomic E-state index is 12.7. The maximum atomic E-state index is 12.7. The molecule has 1 aromatic heterocycles. The molecule has 126 valence electrons. The molecule has 2 atom stereocenters. The van der Waals surface area contributed by atoms with Crippen LogP contribution < -0.4 is 5.32 Å². The second-order valence-electron chi connectivity index (χ2n) is 5.37. The molecule has 0 spiro atoms. The molecule has 1 saturated heterocycles. The first-order valence-electron chi connectivity index (χ1n) is 7.16. The van der Waals surface area contributed by atoms with E-state index in [4.69, 9.17) is 0 Å². The van der Waals surface area contributed by atoms with Gasteiger partial charge >= 0.3 is 0 Å². The van der Waals surface area contributed by atoms with Crippen molar-refractivity contribution < 1.29 is 4.79 Å². The zero-order chi connectivity index (χ0) is 14.8. The number of aromatic nitrogens is 3. The van der Waals surface area contributed by atoms with Crippen LogP contribution in [-0.2, 0) is 0 Å². The van der Waals surface area contributed by atoms with Crippen molar-refractivity contribution in [3.63, 3.8) is 0 Å². The normalized spacial score (nSPS) is 20.3. The number of hydrogen-bond donors (Lipinski definition) is 1. The van der Waals surface area contributed by atoms with Crippen LogP contribution in [0, 0.1) is 0 Å². The Labute approximate surface area is 148 Å². The van der Waals surface area contributed by atoms with Crippen LogP contribution in [0.5, 0.6) is 0 Å². The van der Waals surface area contributed by atoms with Crippen molar-refractivity contribution in [2.24, 2.45) is 0 Å². The third-order valence-electron chi connectivity index (χ3n) is 4.07. The molecule has 1 aliphatic heterocycles. The molecule has 2 heterocycles. The number of amides is 1. The highest BCUT2D eigenvalue weighted by Crippen LogP contribution is 2.16. The summed E-state index contributed by atoms with van der Waals surface area (Å²) in [5.74, 6) is 0.0674. The van der Waals surface area contributed by atoms with Crippen LogP contribution in [0.1, 0.15) is 24.2 Å². The Kier molecular flexibility index (Phi) is 7.00. The van der Waals surface area contributed by atoms with Crippen molar-refractivity contribution >= 4 is 30.7 Å². The molecule has 1 N–H and O–H groups in total. The van der Waals surface area contributed by atoms with Crippen LogP contribution in [0.4, 0.5) is 0 Å². The summed E-state index contributed by atoms with van der Waals surface area (Å²) >= 11 is 0. The fraction of sp³-hybridized carbons (Fsp3) is 0.400. The largest absolute Gasteiger partial charge is 0.333 e. The lowest BCUT2D eigenvalue weighted by Crippen LogP contribution is -2.57. The fourth-order valence-electron chi connectivity index (χ4n) is 2.63. The van der Waals surface area contributed by atoms with Gasteiger partial charge in [-0.25, -0.2) is 9.67 Å². The molecule has 3 rings (SSSR count). The van der Waals surface area contributed by atoms with Gasteiger partial charge in [-0.2, -0.15) is 5.10 Å². The number of benzene rings is 1. The van der Waals surface area contributed by atoms with E-state index in [1.54, 1.807) is 11.0 Å². The highest BCUT2D eigenvalue weighted by Gasteiger charge is 2.28. The average molecular weight is 358 g/mol. The molecule has 1 amide bonds. The van der Waals surface area contributed by atoms with Crippen LogP contribution in [0.25, 0.3) is 5.69 Å². The molecular weight excluding hydrogens is 337 g/mol. The summed E-state index contributed by atoms with van der Waals surface area (Å²) in [7, 11) is 0. The van der Waals surface area contributed by atoms with E-state index in [2.05, 4.69) is 29.2 Å². The summed E-state index contributed by atoms with van der Waals surface area (Å²) < 4.78 is 1.65. The molecule has 0 saturated carbocycles. The molecule has 6 nitrogen and oxygen atoms in total. The lowest BCUT2D eigenvalue weighted by atomic mass is 10.1. The zero-order valence-electron chi connectivity index (χ0n) is 13.0. The number of carbonyl (C=O) groups excluding carboxylic acids is 1. The first-order chi connectivity index (χ1) is 10.2. The fourth-order valence-corrected chi connectivity index (χ4v) is 2.63. The summed E-state index contributed by atoms with van der Waals surface area (Å²) in [6.07, 6.45) is 3.10. The molecular formula is C15H21Cl2N5O. The van der Waals surface area contributed by atoms with Crippen molar-refractivity contribution in [2.45, 2.75) is 25.9 Å². The quantitative estimate of drug-likeness (QED) is 0.891. The van der Waals surface area contributed by atoms with E-state index in [1.165, 1.54) is 6.33 Å². The Morgan fingerprint density at radius 2 is 2.09 bits per heavy atom. The van der Waals surface area contributed by atoms with Gasteiger partial charge in [0.05, 0.1) is 5.69 Å². The van der Waals surface area contributed by atoms with Gasteiger partial charge in [0.25, 0.3) is 5.91 Å². The van der Waals surface area contributed by atoms with E-state index in [-0.39, 0.29) is 36.8 Å². The first kappa shape index (κ1) is 19.4. The Hall–Kier alpha value is -1.63. The summed E-state index contributed by atoms with van der Waals surface area (Å²) in [6.45, 7) is 5.75. The SMILES string of the molecule is CC1NCCN(C(=O)c2cccc(-n3cncn3)c2)C1C.Cl.Cl. The molecule has 8 heteroatoms. The second kappa shape index (κ2) is 8.29. The standard InChI is InChI=1S/C15H19N5O.2ClH/c1-11-12(2)19(7-6-17-11)15(21)13-4-3-5-14(8-13)20-10-16-9-18-20;;/h3-5,8-12,17H,6-7H2,1-2H3;2*1H. The topological polar surface area (TPSA) is 63.1 Å². The van der Waals surface area contributed by atoms with Gasteiger partial charge in [0, 0.05) is 30.7 Å². The molecule has 1 aromatic carbocycles. The van der Waals surface area contributed by atoms with Gasteiger partial charge in [0.2, 0.25) is 0 Å². The van der Waals surface area contributed by atoms with Crippen molar-refractivity contribution in [2.75, 3.05) is 13.1 Å². The minimum atomic E-state index is 0. The van der Waals surface area contributed by atoms with Gasteiger partial charge in [0.1, 0.15) is 12.7 Å². The van der Waals surface area contributed by atoms with Gasteiger partial charge in [-0.05, 0) is 32.0 Å². The predicted octanol–water partition coefficient (Wildman–Crippen LogP) is 1.93. The van der Waals surface area contributed by atoms with E-state index >= 15 is 0 Å². The zero-order valence-corrected chi connectivity index (χ0v) is 14.7. The van der Waals surface area contributed by atoms with Crippen molar-refractivity contribution in [3.8, 4) is 5.69 Å².